The summed E-state index contributed by atoms with van der Waals surface area (Å²) in [7, 11) is 0. The van der Waals surface area contributed by atoms with Crippen LogP contribution >= 0.6 is 0 Å². The molecule has 0 unspecified atom stereocenters. The van der Waals surface area contributed by atoms with Gasteiger partial charge in [-0.15, -0.1) is 29.7 Å². The van der Waals surface area contributed by atoms with E-state index in [4.69, 9.17) is 9.72 Å². The van der Waals surface area contributed by atoms with E-state index >= 15 is 0 Å². The number of nitrogens with zero attached hydrogens (tertiary/aromatic N) is 5. The zero-order chi connectivity index (χ0) is 42.9. The van der Waals surface area contributed by atoms with Gasteiger partial charge in [-0.1, -0.05) is 135 Å². The molecule has 0 spiro atoms. The topological polar surface area (TPSA) is 40.8 Å². The first-order chi connectivity index (χ1) is 31.4. The summed E-state index contributed by atoms with van der Waals surface area (Å²) in [5, 5.41) is 4.63. The van der Waals surface area contributed by atoms with Gasteiger partial charge in [0.05, 0.1) is 33.4 Å². The molecule has 12 rings (SSSR count). The minimum Gasteiger partial charge on any atom is -0.510 e. The van der Waals surface area contributed by atoms with Crippen LogP contribution in [0, 0.1) is 18.5 Å². The number of ether oxygens (including phenoxy) is 1. The van der Waals surface area contributed by atoms with Gasteiger partial charge in [0.2, 0.25) is 0 Å². The Hall–Kier alpha value is -7.53. The van der Waals surface area contributed by atoms with E-state index in [0.717, 1.165) is 66.8 Å². The summed E-state index contributed by atoms with van der Waals surface area (Å²) in [6.07, 6.45) is 5.48. The third-order valence-electron chi connectivity index (χ3n) is 12.3. The minimum atomic E-state index is -0.0788. The molecule has 0 amide bonds. The van der Waals surface area contributed by atoms with Crippen molar-refractivity contribution in [3.05, 3.63) is 218 Å². The van der Waals surface area contributed by atoms with Gasteiger partial charge in [-0.25, -0.2) is 4.98 Å². The van der Waals surface area contributed by atoms with E-state index in [0.29, 0.717) is 11.5 Å². The van der Waals surface area contributed by atoms with Crippen LogP contribution < -0.4 is 9.30 Å². The molecule has 7 heteroatoms. The van der Waals surface area contributed by atoms with Crippen LogP contribution in [0.2, 0.25) is 0 Å². The molecule has 0 fully saturated rings. The van der Waals surface area contributed by atoms with Crippen LogP contribution in [0.25, 0.3) is 88.7 Å². The molecule has 12 aromatic rings. The van der Waals surface area contributed by atoms with Crippen LogP contribution in [0.15, 0.2) is 194 Å². The molecule has 0 bridgehead atoms. The summed E-state index contributed by atoms with van der Waals surface area (Å²) < 4.78 is 15.5. The van der Waals surface area contributed by atoms with Gasteiger partial charge < -0.3 is 18.4 Å². The van der Waals surface area contributed by atoms with E-state index in [1.165, 1.54) is 27.4 Å². The molecule has 0 aliphatic carbocycles. The number of fused-ring (bicyclic) bond motifs is 7. The van der Waals surface area contributed by atoms with Gasteiger partial charge in [0.15, 0.2) is 0 Å². The van der Waals surface area contributed by atoms with Crippen molar-refractivity contribution in [1.82, 2.24) is 18.7 Å². The number of aromatic nitrogens is 5. The zero-order valence-electron chi connectivity index (χ0n) is 35.9. The van der Waals surface area contributed by atoms with Gasteiger partial charge in [0.1, 0.15) is 5.82 Å². The van der Waals surface area contributed by atoms with Crippen molar-refractivity contribution in [2.75, 3.05) is 0 Å². The molecule has 4 aromatic heterocycles. The third kappa shape index (κ3) is 6.76. The average Bonchev–Trinajstić information content (AvgIpc) is 4.00. The molecule has 4 heterocycles. The van der Waals surface area contributed by atoms with E-state index < -0.39 is 0 Å². The standard InChI is InChI=1S/C58H41N5O.Pt/c1-58(2,3)39-33-34-59-56(35-39)63-54-30-16-24-47(46-23-9-12-27-51(46)62-49-25-10-7-21-44(49)45-22-8-11-26-50(45)62)57(54)48-32-31-43(37-55(48)63)64-42-20-15-19-41(36-42)61-38-60(40-17-5-4-6-18-40)52-28-13-14-29-53(52)61;/h4-35H,1-3H3;/q-2;. The summed E-state index contributed by atoms with van der Waals surface area (Å²) >= 11 is 0. The maximum atomic E-state index is 6.70. The Morgan fingerprint density at radius 1 is 0.538 bits per heavy atom. The van der Waals surface area contributed by atoms with Gasteiger partial charge in [-0.2, -0.15) is 18.2 Å². The number of para-hydroxylation sites is 6. The monoisotopic (exact) mass is 1020 g/mol. The molecule has 0 radical (unpaired) electrons. The predicted octanol–water partition coefficient (Wildman–Crippen LogP) is 13.7. The van der Waals surface area contributed by atoms with Crippen molar-refractivity contribution in [3.8, 4) is 45.5 Å². The number of imidazole rings is 1. The van der Waals surface area contributed by atoms with E-state index in [2.05, 4.69) is 192 Å². The minimum absolute atomic E-state index is 0. The van der Waals surface area contributed by atoms with Crippen molar-refractivity contribution in [1.29, 1.82) is 0 Å². The summed E-state index contributed by atoms with van der Waals surface area (Å²) in [5.74, 6) is 1.97. The molecular weight excluding hydrogens is 978 g/mol. The quantitative estimate of drug-likeness (QED) is 0.118. The first kappa shape index (κ1) is 40.3. The Bertz CT molecular complexity index is 3710. The van der Waals surface area contributed by atoms with Gasteiger partial charge in [-0.05, 0) is 76.1 Å². The Kier molecular flexibility index (Phi) is 9.86. The van der Waals surface area contributed by atoms with Crippen LogP contribution in [-0.2, 0) is 26.5 Å². The average molecular weight is 1020 g/mol. The maximum absolute atomic E-state index is 6.70. The largest absolute Gasteiger partial charge is 0.510 e. The van der Waals surface area contributed by atoms with E-state index in [1.807, 2.05) is 59.3 Å². The zero-order valence-corrected chi connectivity index (χ0v) is 38.2. The molecule has 65 heavy (non-hydrogen) atoms. The normalized spacial score (nSPS) is 11.8. The number of benzene rings is 8. The number of hydrogen-bond donors (Lipinski definition) is 0. The molecule has 0 saturated carbocycles. The van der Waals surface area contributed by atoms with Gasteiger partial charge in [-0.3, -0.25) is 4.57 Å². The molecule has 0 atom stereocenters. The predicted molar refractivity (Wildman–Crippen MR) is 258 cm³/mol. The van der Waals surface area contributed by atoms with E-state index in [9.17, 15) is 0 Å². The summed E-state index contributed by atoms with van der Waals surface area (Å²) in [6, 6.07) is 73.0. The third-order valence-corrected chi connectivity index (χ3v) is 12.3. The van der Waals surface area contributed by atoms with Crippen LogP contribution in [0.3, 0.4) is 0 Å². The fourth-order valence-electron chi connectivity index (χ4n) is 9.33. The SMILES string of the molecule is CC(C)(C)c1ccnc(-n2c3[c-]c(Oc4[c-]c(-n5[c-][n+](-c6ccccc6)c6ccccc65)ccc4)ccc3c3c(-c4ccccc4-n4c5ccccc5c5ccccc54)cccc32)c1.[Pt]. The molecular formula is C58H41N5OPt-2. The van der Waals surface area contributed by atoms with Crippen LogP contribution in [0.1, 0.15) is 26.3 Å². The molecule has 0 aliphatic heterocycles. The van der Waals surface area contributed by atoms with Gasteiger partial charge >= 0.3 is 0 Å². The molecule has 8 aromatic carbocycles. The Labute approximate surface area is 391 Å². The van der Waals surface area contributed by atoms with Crippen LogP contribution in [0.5, 0.6) is 11.5 Å². The summed E-state index contributed by atoms with van der Waals surface area (Å²) in [4.78, 5) is 5.02. The number of hydrogen-bond acceptors (Lipinski definition) is 2. The van der Waals surface area contributed by atoms with Crippen molar-refractivity contribution >= 4 is 54.6 Å². The van der Waals surface area contributed by atoms with Crippen molar-refractivity contribution in [3.63, 3.8) is 0 Å². The molecule has 0 saturated heterocycles. The van der Waals surface area contributed by atoms with Crippen molar-refractivity contribution in [2.24, 2.45) is 0 Å². The van der Waals surface area contributed by atoms with Crippen molar-refractivity contribution < 1.29 is 30.4 Å². The Balaban J connectivity index is 0.00000469. The molecule has 0 aliphatic rings. The second-order valence-electron chi connectivity index (χ2n) is 17.3. The van der Waals surface area contributed by atoms with E-state index in [1.54, 1.807) is 0 Å². The van der Waals surface area contributed by atoms with Gasteiger partial charge in [0, 0.05) is 60.6 Å². The first-order valence-corrected chi connectivity index (χ1v) is 21.6. The molecule has 316 valence electrons. The number of pyridine rings is 1. The molecule has 0 N–H and O–H groups in total. The second-order valence-corrected chi connectivity index (χ2v) is 17.3. The Morgan fingerprint density at radius 3 is 1.97 bits per heavy atom. The van der Waals surface area contributed by atoms with E-state index in [-0.39, 0.29) is 26.5 Å². The fourth-order valence-corrected chi connectivity index (χ4v) is 9.33. The summed E-state index contributed by atoms with van der Waals surface area (Å²) in [5.41, 5.74) is 12.6. The fraction of sp³-hybridized carbons (Fsp3) is 0.0690. The molecule has 6 nitrogen and oxygen atoms in total. The second kappa shape index (κ2) is 15.9. The first-order valence-electron chi connectivity index (χ1n) is 21.6. The smallest absolute Gasteiger partial charge is 0.268 e. The van der Waals surface area contributed by atoms with Crippen LogP contribution in [0.4, 0.5) is 0 Å². The van der Waals surface area contributed by atoms with Crippen LogP contribution in [-0.4, -0.2) is 18.7 Å². The summed E-state index contributed by atoms with van der Waals surface area (Å²) in [6.45, 7) is 6.71. The van der Waals surface area contributed by atoms with Crippen molar-refractivity contribution in [2.45, 2.75) is 26.2 Å². The maximum Gasteiger partial charge on any atom is 0.268 e. The Morgan fingerprint density at radius 2 is 1.18 bits per heavy atom. The van der Waals surface area contributed by atoms with Gasteiger partial charge in [0.25, 0.3) is 6.33 Å². The number of rotatable bonds is 7.